The van der Waals surface area contributed by atoms with Gasteiger partial charge in [-0.25, -0.2) is 0 Å². The summed E-state index contributed by atoms with van der Waals surface area (Å²) in [5.74, 6) is 0.231. The molecule has 0 aliphatic carbocycles. The molecule has 1 amide bonds. The molecule has 4 heteroatoms. The number of thiophene rings is 1. The van der Waals surface area contributed by atoms with E-state index >= 15 is 0 Å². The van der Waals surface area contributed by atoms with Gasteiger partial charge >= 0.3 is 0 Å². The Bertz CT molecular complexity index is 311. The first-order valence-electron chi connectivity index (χ1n) is 5.51. The van der Waals surface area contributed by atoms with Crippen LogP contribution in [-0.2, 0) is 11.2 Å². The topological polar surface area (TPSA) is 20.3 Å². The van der Waals surface area contributed by atoms with Crippen LogP contribution in [0.5, 0.6) is 0 Å². The third-order valence-corrected chi connectivity index (χ3v) is 3.70. The van der Waals surface area contributed by atoms with Gasteiger partial charge in [-0.15, -0.1) is 0 Å². The molecule has 16 heavy (non-hydrogen) atoms. The van der Waals surface area contributed by atoms with Gasteiger partial charge in [0.2, 0.25) is 5.91 Å². The molecule has 1 aromatic rings. The molecule has 90 valence electrons. The zero-order valence-corrected chi connectivity index (χ0v) is 12.2. The summed E-state index contributed by atoms with van der Waals surface area (Å²) in [4.78, 5) is 14.0. The van der Waals surface area contributed by atoms with Crippen molar-refractivity contribution >= 4 is 33.2 Å². The fourth-order valence-corrected chi connectivity index (χ4v) is 2.49. The van der Waals surface area contributed by atoms with Crippen LogP contribution < -0.4 is 0 Å². The summed E-state index contributed by atoms with van der Waals surface area (Å²) in [6, 6.07) is 2.30. The average molecular weight is 304 g/mol. The van der Waals surface area contributed by atoms with Crippen LogP contribution in [0.15, 0.2) is 16.8 Å². The van der Waals surface area contributed by atoms with Crippen molar-refractivity contribution in [3.05, 3.63) is 22.4 Å². The molecule has 0 atom stereocenters. The monoisotopic (exact) mass is 303 g/mol. The summed E-state index contributed by atoms with van der Waals surface area (Å²) >= 11 is 5.04. The Kier molecular flexibility index (Phi) is 6.06. The van der Waals surface area contributed by atoms with E-state index in [-0.39, 0.29) is 11.9 Å². The van der Waals surface area contributed by atoms with Crippen molar-refractivity contribution < 1.29 is 4.79 Å². The highest BCUT2D eigenvalue weighted by atomic mass is 79.9. The molecule has 1 rings (SSSR count). The molecule has 1 heterocycles. The molecule has 2 nitrogen and oxygen atoms in total. The summed E-state index contributed by atoms with van der Waals surface area (Å²) in [6.45, 7) is 4.98. The minimum absolute atomic E-state index is 0.231. The Morgan fingerprint density at radius 1 is 1.56 bits per heavy atom. The highest BCUT2D eigenvalue weighted by Crippen LogP contribution is 2.10. The number of alkyl halides is 1. The van der Waals surface area contributed by atoms with E-state index in [1.165, 1.54) is 0 Å². The summed E-state index contributed by atoms with van der Waals surface area (Å²) in [5.41, 5.74) is 1.12. The third-order valence-electron chi connectivity index (χ3n) is 2.41. The van der Waals surface area contributed by atoms with E-state index in [2.05, 4.69) is 29.8 Å². The van der Waals surface area contributed by atoms with Crippen LogP contribution in [0.25, 0.3) is 0 Å². The lowest BCUT2D eigenvalue weighted by Gasteiger charge is -2.26. The summed E-state index contributed by atoms with van der Waals surface area (Å²) < 4.78 is 0. The van der Waals surface area contributed by atoms with E-state index in [0.29, 0.717) is 6.42 Å². The molecule has 0 saturated heterocycles. The van der Waals surface area contributed by atoms with Gasteiger partial charge in [-0.1, -0.05) is 15.9 Å². The Morgan fingerprint density at radius 2 is 2.31 bits per heavy atom. The van der Waals surface area contributed by atoms with Gasteiger partial charge in [0, 0.05) is 17.9 Å². The van der Waals surface area contributed by atoms with Crippen molar-refractivity contribution in [2.75, 3.05) is 11.9 Å². The highest BCUT2D eigenvalue weighted by Gasteiger charge is 2.16. The number of nitrogens with zero attached hydrogens (tertiary/aromatic N) is 1. The van der Waals surface area contributed by atoms with Crippen LogP contribution in [0.3, 0.4) is 0 Å². The van der Waals surface area contributed by atoms with E-state index < -0.39 is 0 Å². The van der Waals surface area contributed by atoms with Crippen LogP contribution in [0.4, 0.5) is 0 Å². The largest absolute Gasteiger partial charge is 0.340 e. The van der Waals surface area contributed by atoms with Crippen molar-refractivity contribution in [2.45, 2.75) is 32.7 Å². The number of carbonyl (C=O) groups excluding carboxylic acids is 1. The lowest BCUT2D eigenvalue weighted by molar-refractivity contribution is -0.132. The van der Waals surface area contributed by atoms with Gasteiger partial charge in [-0.05, 0) is 42.7 Å². The molecule has 0 aliphatic heterocycles. The van der Waals surface area contributed by atoms with Crippen LogP contribution in [0.2, 0.25) is 0 Å². The van der Waals surface area contributed by atoms with Crippen molar-refractivity contribution in [1.82, 2.24) is 4.90 Å². The Morgan fingerprint density at radius 3 is 2.81 bits per heavy atom. The summed E-state index contributed by atoms with van der Waals surface area (Å²) in [7, 11) is 0. The van der Waals surface area contributed by atoms with E-state index in [4.69, 9.17) is 0 Å². The summed E-state index contributed by atoms with van der Waals surface area (Å²) in [6.07, 6.45) is 1.54. The number of carbonyl (C=O) groups is 1. The number of hydrogen-bond donors (Lipinski definition) is 0. The molecule has 0 aromatic carbocycles. The fraction of sp³-hybridized carbons (Fsp3) is 0.583. The van der Waals surface area contributed by atoms with Crippen LogP contribution in [-0.4, -0.2) is 28.7 Å². The SMILES string of the molecule is CC(C)N(CCCBr)C(=O)Cc1ccsc1. The maximum atomic E-state index is 12.1. The normalized spacial score (nSPS) is 10.8. The van der Waals surface area contributed by atoms with Crippen molar-refractivity contribution in [2.24, 2.45) is 0 Å². The second-order valence-corrected chi connectivity index (χ2v) is 5.60. The molecule has 0 N–H and O–H groups in total. The Hall–Kier alpha value is -0.350. The zero-order chi connectivity index (χ0) is 12.0. The molecule has 0 unspecified atom stereocenters. The van der Waals surface area contributed by atoms with E-state index in [9.17, 15) is 4.79 Å². The van der Waals surface area contributed by atoms with Crippen LogP contribution in [0.1, 0.15) is 25.8 Å². The zero-order valence-electron chi connectivity index (χ0n) is 9.78. The Labute approximate surface area is 110 Å². The van der Waals surface area contributed by atoms with Crippen molar-refractivity contribution in [3.8, 4) is 0 Å². The van der Waals surface area contributed by atoms with E-state index in [1.54, 1.807) is 11.3 Å². The number of halogens is 1. The quantitative estimate of drug-likeness (QED) is 0.738. The van der Waals surface area contributed by atoms with Gasteiger partial charge in [-0.2, -0.15) is 11.3 Å². The van der Waals surface area contributed by atoms with E-state index in [1.807, 2.05) is 21.7 Å². The smallest absolute Gasteiger partial charge is 0.227 e. The maximum Gasteiger partial charge on any atom is 0.227 e. The Balaban J connectivity index is 2.53. The number of hydrogen-bond acceptors (Lipinski definition) is 2. The van der Waals surface area contributed by atoms with Crippen LogP contribution in [0, 0.1) is 0 Å². The summed E-state index contributed by atoms with van der Waals surface area (Å²) in [5, 5.41) is 5.00. The number of rotatable bonds is 6. The minimum Gasteiger partial charge on any atom is -0.340 e. The second kappa shape index (κ2) is 7.07. The van der Waals surface area contributed by atoms with Gasteiger partial charge < -0.3 is 4.90 Å². The lowest BCUT2D eigenvalue weighted by atomic mass is 10.2. The predicted molar refractivity (Wildman–Crippen MR) is 73.3 cm³/mol. The molecular formula is C12H18BrNOS. The van der Waals surface area contributed by atoms with Crippen molar-refractivity contribution in [3.63, 3.8) is 0 Å². The maximum absolute atomic E-state index is 12.1. The van der Waals surface area contributed by atoms with Gasteiger partial charge in [0.15, 0.2) is 0 Å². The minimum atomic E-state index is 0.231. The standard InChI is InChI=1S/C12H18BrNOS/c1-10(2)14(6-3-5-13)12(15)8-11-4-7-16-9-11/h4,7,9-10H,3,5-6,8H2,1-2H3. The fourth-order valence-electron chi connectivity index (χ4n) is 1.57. The predicted octanol–water partition coefficient (Wildman–Crippen LogP) is 3.31. The molecule has 0 fully saturated rings. The first kappa shape index (κ1) is 13.7. The van der Waals surface area contributed by atoms with Gasteiger partial charge in [0.1, 0.15) is 0 Å². The molecule has 0 radical (unpaired) electrons. The molecule has 1 aromatic heterocycles. The van der Waals surface area contributed by atoms with Gasteiger partial charge in [0.05, 0.1) is 6.42 Å². The lowest BCUT2D eigenvalue weighted by Crippen LogP contribution is -2.38. The first-order valence-corrected chi connectivity index (χ1v) is 7.58. The number of amides is 1. The van der Waals surface area contributed by atoms with Crippen LogP contribution >= 0.6 is 27.3 Å². The highest BCUT2D eigenvalue weighted by molar-refractivity contribution is 9.09. The van der Waals surface area contributed by atoms with Gasteiger partial charge in [0.25, 0.3) is 0 Å². The molecule has 0 spiro atoms. The molecular weight excluding hydrogens is 286 g/mol. The molecule has 0 aliphatic rings. The third kappa shape index (κ3) is 4.26. The van der Waals surface area contributed by atoms with E-state index in [0.717, 1.165) is 23.9 Å². The second-order valence-electron chi connectivity index (χ2n) is 4.03. The molecule has 0 bridgehead atoms. The first-order chi connectivity index (χ1) is 7.65. The average Bonchev–Trinajstić information content (AvgIpc) is 2.70. The molecule has 0 saturated carbocycles. The van der Waals surface area contributed by atoms with Crippen molar-refractivity contribution in [1.29, 1.82) is 0 Å². The van der Waals surface area contributed by atoms with Gasteiger partial charge in [-0.3, -0.25) is 4.79 Å².